The average molecular weight is 444 g/mol. The van der Waals surface area contributed by atoms with Crippen LogP contribution in [-0.2, 0) is 21.2 Å². The molecule has 0 N–H and O–H groups in total. The van der Waals surface area contributed by atoms with Gasteiger partial charge in [0.2, 0.25) is 11.1 Å². The second-order valence-corrected chi connectivity index (χ2v) is 10.2. The minimum atomic E-state index is -3.10. The summed E-state index contributed by atoms with van der Waals surface area (Å²) in [5.74, 6) is 0.123. The van der Waals surface area contributed by atoms with E-state index in [1.165, 1.54) is 11.8 Å². The van der Waals surface area contributed by atoms with Crippen molar-refractivity contribution in [2.75, 3.05) is 17.3 Å². The molecule has 1 amide bonds. The Kier molecular flexibility index (Phi) is 6.14. The van der Waals surface area contributed by atoms with E-state index in [-0.39, 0.29) is 29.2 Å². The van der Waals surface area contributed by atoms with Crippen molar-refractivity contribution in [2.45, 2.75) is 24.2 Å². The summed E-state index contributed by atoms with van der Waals surface area (Å²) in [5, 5.41) is 12.3. The maximum Gasteiger partial charge on any atom is 0.233 e. The quantitative estimate of drug-likeness (QED) is 0.515. The number of sulfone groups is 1. The largest absolute Gasteiger partial charge is 0.334 e. The van der Waals surface area contributed by atoms with Crippen LogP contribution >= 0.6 is 11.8 Å². The summed E-state index contributed by atoms with van der Waals surface area (Å²) in [7, 11) is -3.10. The Labute approximate surface area is 179 Å². The van der Waals surface area contributed by atoms with Crippen molar-refractivity contribution < 1.29 is 13.2 Å². The molecule has 156 valence electrons. The monoisotopic (exact) mass is 443 g/mol. The highest BCUT2D eigenvalue weighted by Crippen LogP contribution is 2.23. The number of para-hydroxylation sites is 1. The van der Waals surface area contributed by atoms with Crippen LogP contribution in [0.1, 0.15) is 12.0 Å². The number of nitrogens with zero attached hydrogens (tertiary/aromatic N) is 5. The molecule has 8 nitrogen and oxygen atoms in total. The zero-order valence-corrected chi connectivity index (χ0v) is 17.8. The molecule has 1 aliphatic rings. The van der Waals surface area contributed by atoms with Gasteiger partial charge in [0.1, 0.15) is 0 Å². The van der Waals surface area contributed by atoms with Gasteiger partial charge in [-0.25, -0.2) is 8.42 Å². The number of thioether (sulfide) groups is 1. The number of carbonyl (C=O) groups excluding carboxylic acids is 1. The highest BCUT2D eigenvalue weighted by Gasteiger charge is 2.34. The Morgan fingerprint density at radius 1 is 1.10 bits per heavy atom. The topological polar surface area (TPSA) is 98.1 Å². The van der Waals surface area contributed by atoms with Crippen LogP contribution in [0.3, 0.4) is 0 Å². The molecule has 10 heteroatoms. The lowest BCUT2D eigenvalue weighted by Gasteiger charge is -2.28. The molecule has 4 rings (SSSR count). The van der Waals surface area contributed by atoms with Gasteiger partial charge >= 0.3 is 0 Å². The van der Waals surface area contributed by atoms with E-state index in [9.17, 15) is 13.2 Å². The molecular formula is C20H21N5O3S2. The minimum absolute atomic E-state index is 0.0119. The molecule has 1 atom stereocenters. The van der Waals surface area contributed by atoms with E-state index in [4.69, 9.17) is 0 Å². The van der Waals surface area contributed by atoms with E-state index in [1.54, 1.807) is 9.58 Å². The van der Waals surface area contributed by atoms with Gasteiger partial charge in [-0.1, -0.05) is 60.3 Å². The molecule has 2 aromatic carbocycles. The molecule has 0 aliphatic carbocycles. The number of hydrogen-bond donors (Lipinski definition) is 0. The molecule has 1 aliphatic heterocycles. The number of hydrogen-bond acceptors (Lipinski definition) is 7. The number of aromatic nitrogens is 4. The van der Waals surface area contributed by atoms with E-state index in [0.717, 1.165) is 11.3 Å². The van der Waals surface area contributed by atoms with E-state index < -0.39 is 9.84 Å². The van der Waals surface area contributed by atoms with Crippen molar-refractivity contribution in [3.63, 3.8) is 0 Å². The van der Waals surface area contributed by atoms with Crippen molar-refractivity contribution in [3.8, 4) is 5.69 Å². The molecule has 1 saturated heterocycles. The molecule has 2 heterocycles. The Balaban J connectivity index is 1.49. The van der Waals surface area contributed by atoms with Crippen LogP contribution in [0.5, 0.6) is 0 Å². The molecule has 1 unspecified atom stereocenters. The Morgan fingerprint density at radius 3 is 2.47 bits per heavy atom. The first-order valence-corrected chi connectivity index (χ1v) is 12.3. The van der Waals surface area contributed by atoms with Gasteiger partial charge in [0, 0.05) is 12.6 Å². The molecular weight excluding hydrogens is 422 g/mol. The van der Waals surface area contributed by atoms with Crippen LogP contribution < -0.4 is 0 Å². The molecule has 0 spiro atoms. The van der Waals surface area contributed by atoms with Gasteiger partial charge in [0.05, 0.1) is 22.9 Å². The van der Waals surface area contributed by atoms with Gasteiger partial charge < -0.3 is 4.90 Å². The third-order valence-corrected chi connectivity index (χ3v) is 7.59. The maximum atomic E-state index is 13.1. The van der Waals surface area contributed by atoms with Crippen molar-refractivity contribution >= 4 is 27.5 Å². The fourth-order valence-electron chi connectivity index (χ4n) is 3.43. The van der Waals surface area contributed by atoms with E-state index >= 15 is 0 Å². The molecule has 3 aromatic rings. The standard InChI is InChI=1S/C20H21N5O3S2/c26-19(14-29-20-21-22-23-25(20)17-9-5-2-6-10-17)24(13-16-7-3-1-4-8-16)18-11-12-30(27,28)15-18/h1-10,18H,11-15H2. The first-order valence-electron chi connectivity index (χ1n) is 9.52. The van der Waals surface area contributed by atoms with Gasteiger partial charge in [0.15, 0.2) is 9.84 Å². The van der Waals surface area contributed by atoms with Crippen LogP contribution in [0.15, 0.2) is 65.8 Å². The van der Waals surface area contributed by atoms with Gasteiger partial charge in [-0.3, -0.25) is 4.79 Å². The number of amides is 1. The number of carbonyl (C=O) groups is 1. The number of tetrazole rings is 1. The molecule has 1 fully saturated rings. The molecule has 0 bridgehead atoms. The van der Waals surface area contributed by atoms with Crippen molar-refractivity contribution in [1.29, 1.82) is 0 Å². The zero-order chi connectivity index (χ0) is 21.0. The third-order valence-electron chi connectivity index (χ3n) is 4.93. The van der Waals surface area contributed by atoms with Gasteiger partial charge in [-0.05, 0) is 34.5 Å². The van der Waals surface area contributed by atoms with Crippen molar-refractivity contribution in [2.24, 2.45) is 0 Å². The predicted molar refractivity (Wildman–Crippen MR) is 114 cm³/mol. The van der Waals surface area contributed by atoms with Gasteiger partial charge in [-0.2, -0.15) is 4.68 Å². The van der Waals surface area contributed by atoms with Crippen LogP contribution in [0.25, 0.3) is 5.69 Å². The minimum Gasteiger partial charge on any atom is -0.334 e. The lowest BCUT2D eigenvalue weighted by molar-refractivity contribution is -0.130. The molecule has 0 saturated carbocycles. The van der Waals surface area contributed by atoms with E-state index in [0.29, 0.717) is 18.1 Å². The maximum absolute atomic E-state index is 13.1. The van der Waals surface area contributed by atoms with Gasteiger partial charge in [0.25, 0.3) is 0 Å². The smallest absolute Gasteiger partial charge is 0.233 e. The summed E-state index contributed by atoms with van der Waals surface area (Å²) >= 11 is 1.24. The van der Waals surface area contributed by atoms with Crippen LogP contribution in [-0.4, -0.2) is 62.7 Å². The van der Waals surface area contributed by atoms with Crippen molar-refractivity contribution in [1.82, 2.24) is 25.1 Å². The lowest BCUT2D eigenvalue weighted by atomic mass is 10.1. The fraction of sp³-hybridized carbons (Fsp3) is 0.300. The normalized spacial score (nSPS) is 17.7. The third kappa shape index (κ3) is 4.88. The lowest BCUT2D eigenvalue weighted by Crippen LogP contribution is -2.41. The molecule has 0 radical (unpaired) electrons. The second-order valence-electron chi connectivity index (χ2n) is 7.06. The Hall–Kier alpha value is -2.72. The molecule has 1 aromatic heterocycles. The highest BCUT2D eigenvalue weighted by molar-refractivity contribution is 7.99. The van der Waals surface area contributed by atoms with Crippen LogP contribution in [0.4, 0.5) is 0 Å². The molecule has 30 heavy (non-hydrogen) atoms. The SMILES string of the molecule is O=C(CSc1nnnn1-c1ccccc1)N(Cc1ccccc1)C1CCS(=O)(=O)C1. The van der Waals surface area contributed by atoms with E-state index in [1.807, 2.05) is 60.7 Å². The highest BCUT2D eigenvalue weighted by atomic mass is 32.2. The summed E-state index contributed by atoms with van der Waals surface area (Å²) in [6.07, 6.45) is 0.466. The first kappa shape index (κ1) is 20.5. The Bertz CT molecular complexity index is 1100. The number of rotatable bonds is 7. The van der Waals surface area contributed by atoms with Gasteiger partial charge in [-0.15, -0.1) is 5.10 Å². The second kappa shape index (κ2) is 8.97. The van der Waals surface area contributed by atoms with Crippen LogP contribution in [0.2, 0.25) is 0 Å². The fourth-order valence-corrected chi connectivity index (χ4v) is 5.94. The van der Waals surface area contributed by atoms with Crippen molar-refractivity contribution in [3.05, 3.63) is 66.2 Å². The summed E-state index contributed by atoms with van der Waals surface area (Å²) in [6, 6.07) is 18.7. The predicted octanol–water partition coefficient (Wildman–Crippen LogP) is 1.97. The first-order chi connectivity index (χ1) is 14.5. The van der Waals surface area contributed by atoms with Crippen LogP contribution in [0, 0.1) is 0 Å². The summed E-state index contributed by atoms with van der Waals surface area (Å²) < 4.78 is 25.6. The average Bonchev–Trinajstić information content (AvgIpc) is 3.37. The summed E-state index contributed by atoms with van der Waals surface area (Å²) in [6.45, 7) is 0.379. The summed E-state index contributed by atoms with van der Waals surface area (Å²) in [4.78, 5) is 14.8. The number of benzene rings is 2. The van der Waals surface area contributed by atoms with E-state index in [2.05, 4.69) is 15.5 Å². The summed E-state index contributed by atoms with van der Waals surface area (Å²) in [5.41, 5.74) is 1.77. The zero-order valence-electron chi connectivity index (χ0n) is 16.2. The Morgan fingerprint density at radius 2 is 1.80 bits per heavy atom.